The van der Waals surface area contributed by atoms with E-state index < -0.39 is 0 Å². The molecule has 1 N–H and O–H groups in total. The summed E-state index contributed by atoms with van der Waals surface area (Å²) >= 11 is 0. The number of likely N-dealkylation sites (N-methyl/N-ethyl adjacent to an activating group) is 1. The molecule has 0 aliphatic rings. The van der Waals surface area contributed by atoms with Gasteiger partial charge in [-0.2, -0.15) is 5.10 Å². The van der Waals surface area contributed by atoms with Crippen molar-refractivity contribution in [3.8, 4) is 0 Å². The van der Waals surface area contributed by atoms with E-state index in [1.165, 1.54) is 0 Å². The number of aromatic nitrogens is 2. The second-order valence-corrected chi connectivity index (χ2v) is 3.74. The zero-order chi connectivity index (χ0) is 12.5. The van der Waals surface area contributed by atoms with Gasteiger partial charge in [0.2, 0.25) is 0 Å². The summed E-state index contributed by atoms with van der Waals surface area (Å²) in [5, 5.41) is 11.7. The van der Waals surface area contributed by atoms with Gasteiger partial charge in [0.15, 0.2) is 5.82 Å². The van der Waals surface area contributed by atoms with Gasteiger partial charge < -0.3 is 15.0 Å². The van der Waals surface area contributed by atoms with Gasteiger partial charge in [-0.1, -0.05) is 6.92 Å². The molecule has 17 heavy (non-hydrogen) atoms. The normalized spacial score (nSPS) is 10.5. The van der Waals surface area contributed by atoms with Gasteiger partial charge in [-0.15, -0.1) is 5.10 Å². The first-order valence-corrected chi connectivity index (χ1v) is 6.09. The van der Waals surface area contributed by atoms with Crippen LogP contribution in [0, 0.1) is 0 Å². The highest BCUT2D eigenvalue weighted by Crippen LogP contribution is 2.08. The molecule has 5 heteroatoms. The van der Waals surface area contributed by atoms with Crippen LogP contribution in [0.1, 0.15) is 19.5 Å². The van der Waals surface area contributed by atoms with E-state index in [1.807, 2.05) is 12.1 Å². The average Bonchev–Trinajstić information content (AvgIpc) is 2.38. The van der Waals surface area contributed by atoms with E-state index >= 15 is 0 Å². The lowest BCUT2D eigenvalue weighted by Crippen LogP contribution is -2.28. The molecule has 1 aromatic heterocycles. The second kappa shape index (κ2) is 7.97. The van der Waals surface area contributed by atoms with Crippen LogP contribution in [0.5, 0.6) is 0 Å². The molecule has 0 fully saturated rings. The smallest absolute Gasteiger partial charge is 0.151 e. The van der Waals surface area contributed by atoms with Crippen LogP contribution in [0.2, 0.25) is 0 Å². The molecule has 0 radical (unpaired) electrons. The van der Waals surface area contributed by atoms with Crippen molar-refractivity contribution in [1.82, 2.24) is 15.5 Å². The van der Waals surface area contributed by atoms with Crippen LogP contribution in [0.15, 0.2) is 12.1 Å². The fourth-order valence-corrected chi connectivity index (χ4v) is 1.50. The third-order valence-corrected chi connectivity index (χ3v) is 2.53. The summed E-state index contributed by atoms with van der Waals surface area (Å²) in [5.74, 6) is 0.907. The van der Waals surface area contributed by atoms with Crippen LogP contribution >= 0.6 is 0 Å². The average molecular weight is 238 g/mol. The SMILES string of the molecule is CCNCc1ccc(N(CC)CCOC)nn1. The van der Waals surface area contributed by atoms with Crippen molar-refractivity contribution < 1.29 is 4.74 Å². The van der Waals surface area contributed by atoms with Crippen molar-refractivity contribution >= 4 is 5.82 Å². The maximum absolute atomic E-state index is 5.07. The molecule has 96 valence electrons. The van der Waals surface area contributed by atoms with Gasteiger partial charge in [-0.3, -0.25) is 0 Å². The van der Waals surface area contributed by atoms with Gasteiger partial charge in [-0.25, -0.2) is 0 Å². The zero-order valence-corrected chi connectivity index (χ0v) is 10.9. The van der Waals surface area contributed by atoms with Gasteiger partial charge >= 0.3 is 0 Å². The highest BCUT2D eigenvalue weighted by atomic mass is 16.5. The maximum Gasteiger partial charge on any atom is 0.151 e. The van der Waals surface area contributed by atoms with Crippen LogP contribution in [-0.2, 0) is 11.3 Å². The fraction of sp³-hybridized carbons (Fsp3) is 0.667. The molecule has 0 amide bonds. The highest BCUT2D eigenvalue weighted by molar-refractivity contribution is 5.36. The highest BCUT2D eigenvalue weighted by Gasteiger charge is 2.05. The number of rotatable bonds is 8. The summed E-state index contributed by atoms with van der Waals surface area (Å²) in [6.45, 7) is 8.34. The van der Waals surface area contributed by atoms with Gasteiger partial charge in [0.05, 0.1) is 12.3 Å². The Morgan fingerprint density at radius 2 is 2.12 bits per heavy atom. The predicted molar refractivity (Wildman–Crippen MR) is 69.2 cm³/mol. The molecular formula is C12H22N4O. The number of hydrogen-bond donors (Lipinski definition) is 1. The molecule has 5 nitrogen and oxygen atoms in total. The molecule has 0 aliphatic carbocycles. The first-order chi connectivity index (χ1) is 8.31. The van der Waals surface area contributed by atoms with Crippen LogP contribution in [0.3, 0.4) is 0 Å². The predicted octanol–water partition coefficient (Wildman–Crippen LogP) is 1.06. The maximum atomic E-state index is 5.07. The monoisotopic (exact) mass is 238 g/mol. The van der Waals surface area contributed by atoms with Crippen LogP contribution < -0.4 is 10.2 Å². The molecule has 0 aromatic carbocycles. The molecule has 1 rings (SSSR count). The van der Waals surface area contributed by atoms with E-state index in [4.69, 9.17) is 4.74 Å². The largest absolute Gasteiger partial charge is 0.383 e. The Kier molecular flexibility index (Phi) is 6.50. The zero-order valence-electron chi connectivity index (χ0n) is 10.9. The van der Waals surface area contributed by atoms with E-state index in [1.54, 1.807) is 7.11 Å². The number of anilines is 1. The first-order valence-electron chi connectivity index (χ1n) is 6.09. The first kappa shape index (κ1) is 13.9. The lowest BCUT2D eigenvalue weighted by molar-refractivity contribution is 0.205. The third kappa shape index (κ3) is 4.66. The molecule has 0 unspecified atom stereocenters. The lowest BCUT2D eigenvalue weighted by atomic mass is 10.3. The van der Waals surface area contributed by atoms with Crippen molar-refractivity contribution in [3.05, 3.63) is 17.8 Å². The Morgan fingerprint density at radius 3 is 2.65 bits per heavy atom. The van der Waals surface area contributed by atoms with Crippen molar-refractivity contribution in [1.29, 1.82) is 0 Å². The Labute approximate surface area is 103 Å². The Hall–Kier alpha value is -1.20. The van der Waals surface area contributed by atoms with Crippen molar-refractivity contribution in [2.24, 2.45) is 0 Å². The van der Waals surface area contributed by atoms with E-state index in [2.05, 4.69) is 34.3 Å². The summed E-state index contributed by atoms with van der Waals surface area (Å²) in [6.07, 6.45) is 0. The van der Waals surface area contributed by atoms with Gasteiger partial charge in [-0.05, 0) is 25.6 Å². The van der Waals surface area contributed by atoms with Crippen LogP contribution in [0.4, 0.5) is 5.82 Å². The van der Waals surface area contributed by atoms with E-state index in [-0.39, 0.29) is 0 Å². The van der Waals surface area contributed by atoms with Crippen molar-refractivity contribution in [3.63, 3.8) is 0 Å². The summed E-state index contributed by atoms with van der Waals surface area (Å²) < 4.78 is 5.07. The standard InChI is InChI=1S/C12H22N4O/c1-4-13-10-11-6-7-12(15-14-11)16(5-2)8-9-17-3/h6-7,13H,4-5,8-10H2,1-3H3. The minimum atomic E-state index is 0.703. The molecule has 1 aromatic rings. The molecule has 0 bridgehead atoms. The number of ether oxygens (including phenoxy) is 1. The van der Waals surface area contributed by atoms with Crippen molar-refractivity contribution in [2.45, 2.75) is 20.4 Å². The quantitative estimate of drug-likeness (QED) is 0.734. The molecule has 0 atom stereocenters. The van der Waals surface area contributed by atoms with Crippen LogP contribution in [-0.4, -0.2) is 43.5 Å². The summed E-state index contributed by atoms with van der Waals surface area (Å²) in [5.41, 5.74) is 0.971. The topological polar surface area (TPSA) is 50.3 Å². The van der Waals surface area contributed by atoms with Gasteiger partial charge in [0, 0.05) is 26.7 Å². The molecule has 1 heterocycles. The number of nitrogens with one attached hydrogen (secondary N) is 1. The van der Waals surface area contributed by atoms with E-state index in [9.17, 15) is 0 Å². The van der Waals surface area contributed by atoms with Gasteiger partial charge in [0.25, 0.3) is 0 Å². The van der Waals surface area contributed by atoms with E-state index in [0.717, 1.165) is 37.7 Å². The van der Waals surface area contributed by atoms with Gasteiger partial charge in [0.1, 0.15) is 0 Å². The number of nitrogens with zero attached hydrogens (tertiary/aromatic N) is 3. The number of methoxy groups -OCH3 is 1. The van der Waals surface area contributed by atoms with Crippen molar-refractivity contribution in [2.75, 3.05) is 38.3 Å². The Bertz CT molecular complexity index is 302. The summed E-state index contributed by atoms with van der Waals surface area (Å²) in [7, 11) is 1.71. The number of hydrogen-bond acceptors (Lipinski definition) is 5. The molecule has 0 saturated carbocycles. The second-order valence-electron chi connectivity index (χ2n) is 3.74. The molecule has 0 aliphatic heterocycles. The Morgan fingerprint density at radius 1 is 1.29 bits per heavy atom. The summed E-state index contributed by atoms with van der Waals surface area (Å²) in [6, 6.07) is 4.03. The molecule has 0 saturated heterocycles. The minimum absolute atomic E-state index is 0.703. The Balaban J connectivity index is 2.57. The minimum Gasteiger partial charge on any atom is -0.383 e. The lowest BCUT2D eigenvalue weighted by Gasteiger charge is -2.20. The summed E-state index contributed by atoms with van der Waals surface area (Å²) in [4.78, 5) is 2.15. The molecule has 0 spiro atoms. The molecular weight excluding hydrogens is 216 g/mol. The third-order valence-electron chi connectivity index (χ3n) is 2.53. The van der Waals surface area contributed by atoms with Crippen LogP contribution in [0.25, 0.3) is 0 Å². The van der Waals surface area contributed by atoms with E-state index in [0.29, 0.717) is 6.61 Å². The fourth-order valence-electron chi connectivity index (χ4n) is 1.50.